The molecule has 130 valence electrons. The number of hydrogen-bond donors (Lipinski definition) is 1. The van der Waals surface area contributed by atoms with Crippen LogP contribution in [0, 0.1) is 6.92 Å². The fourth-order valence-corrected chi connectivity index (χ4v) is 5.04. The standard InChI is InChI=1S/C14H15Cl2N3O3S2/c1-7-12(23-14(17-7)18-8(2)20)9-5-10(15)13(11(16)6-9)24(21,22)19(3)4/h5-6H,1-4H3,(H,17,18,20). The lowest BCUT2D eigenvalue weighted by Gasteiger charge is -2.15. The van der Waals surface area contributed by atoms with E-state index in [1.165, 1.54) is 44.5 Å². The van der Waals surface area contributed by atoms with E-state index in [0.29, 0.717) is 16.4 Å². The summed E-state index contributed by atoms with van der Waals surface area (Å²) >= 11 is 13.6. The third kappa shape index (κ3) is 3.73. The number of aryl methyl sites for hydroxylation is 1. The Bertz CT molecular complexity index is 885. The average Bonchev–Trinajstić information content (AvgIpc) is 2.77. The zero-order valence-electron chi connectivity index (χ0n) is 13.3. The lowest BCUT2D eigenvalue weighted by molar-refractivity contribution is -0.114. The topological polar surface area (TPSA) is 79.4 Å². The molecule has 0 bridgehead atoms. The van der Waals surface area contributed by atoms with E-state index in [0.717, 1.165) is 9.18 Å². The molecule has 1 N–H and O–H groups in total. The normalized spacial score (nSPS) is 11.8. The van der Waals surface area contributed by atoms with Crippen LogP contribution in [-0.4, -0.2) is 37.7 Å². The van der Waals surface area contributed by atoms with Crippen LogP contribution in [0.1, 0.15) is 12.6 Å². The van der Waals surface area contributed by atoms with Gasteiger partial charge in [0.25, 0.3) is 0 Å². The fraction of sp³-hybridized carbons (Fsp3) is 0.286. The first-order valence-corrected chi connectivity index (χ1v) is 9.72. The highest BCUT2D eigenvalue weighted by Gasteiger charge is 2.25. The summed E-state index contributed by atoms with van der Waals surface area (Å²) < 4.78 is 25.7. The van der Waals surface area contributed by atoms with E-state index in [2.05, 4.69) is 10.3 Å². The second kappa shape index (κ2) is 6.97. The van der Waals surface area contributed by atoms with Crippen molar-refractivity contribution in [1.29, 1.82) is 0 Å². The molecule has 0 spiro atoms. The molecule has 0 atom stereocenters. The number of rotatable bonds is 4. The van der Waals surface area contributed by atoms with Gasteiger partial charge in [0.05, 0.1) is 20.6 Å². The molecular formula is C14H15Cl2N3O3S2. The van der Waals surface area contributed by atoms with Crippen molar-refractivity contribution in [2.75, 3.05) is 19.4 Å². The molecule has 0 unspecified atom stereocenters. The summed E-state index contributed by atoms with van der Waals surface area (Å²) in [6.45, 7) is 3.18. The van der Waals surface area contributed by atoms with Gasteiger partial charge in [-0.3, -0.25) is 4.79 Å². The van der Waals surface area contributed by atoms with Gasteiger partial charge in [0.1, 0.15) is 4.90 Å². The number of benzene rings is 1. The van der Waals surface area contributed by atoms with Gasteiger partial charge >= 0.3 is 0 Å². The van der Waals surface area contributed by atoms with Gasteiger partial charge in [-0.2, -0.15) is 0 Å². The fourth-order valence-electron chi connectivity index (χ4n) is 1.99. The van der Waals surface area contributed by atoms with Crippen LogP contribution in [0.5, 0.6) is 0 Å². The maximum atomic E-state index is 12.3. The molecule has 0 aliphatic heterocycles. The van der Waals surface area contributed by atoms with Crippen LogP contribution in [0.3, 0.4) is 0 Å². The number of halogens is 2. The summed E-state index contributed by atoms with van der Waals surface area (Å²) in [5.41, 5.74) is 1.31. The van der Waals surface area contributed by atoms with Crippen LogP contribution in [0.4, 0.5) is 5.13 Å². The van der Waals surface area contributed by atoms with Gasteiger partial charge in [0, 0.05) is 21.0 Å². The number of amides is 1. The van der Waals surface area contributed by atoms with E-state index in [1.807, 2.05) is 0 Å². The minimum Gasteiger partial charge on any atom is -0.302 e. The first-order chi connectivity index (χ1) is 11.0. The molecule has 6 nitrogen and oxygen atoms in total. The predicted octanol–water partition coefficient (Wildman–Crippen LogP) is 3.63. The Balaban J connectivity index is 2.56. The molecule has 0 saturated carbocycles. The Morgan fingerprint density at radius 3 is 2.25 bits per heavy atom. The second-order valence-electron chi connectivity index (χ2n) is 5.17. The maximum absolute atomic E-state index is 12.3. The van der Waals surface area contributed by atoms with Crippen LogP contribution in [0.25, 0.3) is 10.4 Å². The van der Waals surface area contributed by atoms with Crippen molar-refractivity contribution in [2.45, 2.75) is 18.7 Å². The van der Waals surface area contributed by atoms with Crippen molar-refractivity contribution in [3.63, 3.8) is 0 Å². The molecule has 10 heteroatoms. The molecule has 0 saturated heterocycles. The predicted molar refractivity (Wildman–Crippen MR) is 97.5 cm³/mol. The van der Waals surface area contributed by atoms with E-state index in [-0.39, 0.29) is 20.8 Å². The lowest BCUT2D eigenvalue weighted by atomic mass is 10.1. The van der Waals surface area contributed by atoms with E-state index in [1.54, 1.807) is 6.92 Å². The smallest absolute Gasteiger partial charge is 0.245 e. The molecule has 1 aromatic heterocycles. The van der Waals surface area contributed by atoms with Crippen molar-refractivity contribution in [1.82, 2.24) is 9.29 Å². The number of sulfonamides is 1. The molecule has 24 heavy (non-hydrogen) atoms. The number of carbonyl (C=O) groups excluding carboxylic acids is 1. The Labute approximate surface area is 154 Å². The summed E-state index contributed by atoms with van der Waals surface area (Å²) in [7, 11) is -0.946. The minimum absolute atomic E-state index is 0.0278. The van der Waals surface area contributed by atoms with Crippen molar-refractivity contribution >= 4 is 55.6 Å². The summed E-state index contributed by atoms with van der Waals surface area (Å²) in [5, 5.41) is 3.12. The SMILES string of the molecule is CC(=O)Nc1nc(C)c(-c2cc(Cl)c(S(=O)(=O)N(C)C)c(Cl)c2)s1. The molecule has 1 aromatic carbocycles. The van der Waals surface area contributed by atoms with Gasteiger partial charge in [-0.05, 0) is 24.6 Å². The molecule has 1 heterocycles. The zero-order chi connectivity index (χ0) is 18.2. The molecule has 1 amide bonds. The lowest BCUT2D eigenvalue weighted by Crippen LogP contribution is -2.22. The minimum atomic E-state index is -3.76. The van der Waals surface area contributed by atoms with Gasteiger partial charge in [0.15, 0.2) is 5.13 Å². The van der Waals surface area contributed by atoms with Crippen molar-refractivity contribution < 1.29 is 13.2 Å². The van der Waals surface area contributed by atoms with Gasteiger partial charge < -0.3 is 5.32 Å². The van der Waals surface area contributed by atoms with Gasteiger partial charge in [0.2, 0.25) is 15.9 Å². The highest BCUT2D eigenvalue weighted by Crippen LogP contribution is 2.39. The molecule has 2 aromatic rings. The zero-order valence-corrected chi connectivity index (χ0v) is 16.5. The molecule has 2 rings (SSSR count). The maximum Gasteiger partial charge on any atom is 0.245 e. The highest BCUT2D eigenvalue weighted by atomic mass is 35.5. The third-order valence-electron chi connectivity index (χ3n) is 3.08. The van der Waals surface area contributed by atoms with E-state index in [4.69, 9.17) is 23.2 Å². The summed E-state index contributed by atoms with van der Waals surface area (Å²) in [4.78, 5) is 16.0. The van der Waals surface area contributed by atoms with Crippen molar-refractivity contribution in [2.24, 2.45) is 0 Å². The van der Waals surface area contributed by atoms with Crippen LogP contribution in [-0.2, 0) is 14.8 Å². The van der Waals surface area contributed by atoms with E-state index < -0.39 is 10.0 Å². The quantitative estimate of drug-likeness (QED) is 0.838. The van der Waals surface area contributed by atoms with Crippen molar-refractivity contribution in [3.05, 3.63) is 27.9 Å². The number of anilines is 1. The highest BCUT2D eigenvalue weighted by molar-refractivity contribution is 7.89. The Hall–Kier alpha value is -1.19. The Kier molecular flexibility index (Phi) is 5.56. The Morgan fingerprint density at radius 1 is 1.25 bits per heavy atom. The van der Waals surface area contributed by atoms with E-state index >= 15 is 0 Å². The first kappa shape index (κ1) is 19.1. The molecule has 0 radical (unpaired) electrons. The van der Waals surface area contributed by atoms with Crippen LogP contribution in [0.2, 0.25) is 10.0 Å². The summed E-state index contributed by atoms with van der Waals surface area (Å²) in [6.07, 6.45) is 0. The van der Waals surface area contributed by atoms with Crippen LogP contribution >= 0.6 is 34.5 Å². The third-order valence-corrected chi connectivity index (χ3v) is 6.94. The largest absolute Gasteiger partial charge is 0.302 e. The number of hydrogen-bond acceptors (Lipinski definition) is 5. The van der Waals surface area contributed by atoms with E-state index in [9.17, 15) is 13.2 Å². The van der Waals surface area contributed by atoms with Crippen molar-refractivity contribution in [3.8, 4) is 10.4 Å². The van der Waals surface area contributed by atoms with Crippen LogP contribution in [0.15, 0.2) is 17.0 Å². The number of aromatic nitrogens is 1. The van der Waals surface area contributed by atoms with Crippen LogP contribution < -0.4 is 5.32 Å². The number of carbonyl (C=O) groups is 1. The Morgan fingerprint density at radius 2 is 1.79 bits per heavy atom. The van der Waals surface area contributed by atoms with Gasteiger partial charge in [-0.1, -0.05) is 34.5 Å². The number of thiazole rings is 1. The molecular weight excluding hydrogens is 393 g/mol. The summed E-state index contributed by atoms with van der Waals surface area (Å²) in [5.74, 6) is -0.223. The number of nitrogens with zero attached hydrogens (tertiary/aromatic N) is 2. The van der Waals surface area contributed by atoms with Gasteiger partial charge in [-0.15, -0.1) is 0 Å². The monoisotopic (exact) mass is 407 g/mol. The molecule has 0 aliphatic carbocycles. The molecule has 0 fully saturated rings. The second-order valence-corrected chi connectivity index (χ2v) is 9.07. The van der Waals surface area contributed by atoms with Gasteiger partial charge in [-0.25, -0.2) is 17.7 Å². The number of nitrogens with one attached hydrogen (secondary N) is 1. The molecule has 0 aliphatic rings. The summed E-state index contributed by atoms with van der Waals surface area (Å²) in [6, 6.07) is 3.06. The average molecular weight is 408 g/mol. The first-order valence-electron chi connectivity index (χ1n) is 6.71.